The largest absolute Gasteiger partial charge is 0.368 e. The first-order valence-corrected chi connectivity index (χ1v) is 7.99. The molecule has 2 rings (SSSR count). The summed E-state index contributed by atoms with van der Waals surface area (Å²) in [4.78, 5) is 11.6. The lowest BCUT2D eigenvalue weighted by Gasteiger charge is -2.12. The number of carbonyl (C=O) groups excluding carboxylic acids is 1. The smallest absolute Gasteiger partial charge is 0.249 e. The van der Waals surface area contributed by atoms with Gasteiger partial charge in [0.1, 0.15) is 6.10 Å². The Morgan fingerprint density at radius 3 is 2.76 bits per heavy atom. The van der Waals surface area contributed by atoms with Gasteiger partial charge < -0.3 is 10.1 Å². The molecule has 2 unspecified atom stereocenters. The molecule has 0 aromatic rings. The van der Waals surface area contributed by atoms with Crippen LogP contribution in [0.2, 0.25) is 0 Å². The fourth-order valence-corrected chi connectivity index (χ4v) is 4.31. The molecule has 98 valence electrons. The summed E-state index contributed by atoms with van der Waals surface area (Å²) in [5.41, 5.74) is 0. The number of amides is 1. The van der Waals surface area contributed by atoms with Crippen molar-refractivity contribution in [2.75, 3.05) is 24.7 Å². The molecule has 0 aromatic heterocycles. The molecule has 1 N–H and O–H groups in total. The lowest BCUT2D eigenvalue weighted by atomic mass is 10.1. The van der Waals surface area contributed by atoms with Crippen molar-refractivity contribution >= 4 is 15.7 Å². The van der Waals surface area contributed by atoms with Gasteiger partial charge >= 0.3 is 0 Å². The molecule has 5 nitrogen and oxygen atoms in total. The molecular weight excluding hydrogens is 242 g/mol. The number of sulfone groups is 1. The summed E-state index contributed by atoms with van der Waals surface area (Å²) >= 11 is 0. The molecule has 0 aliphatic carbocycles. The Balaban J connectivity index is 1.64. The van der Waals surface area contributed by atoms with Gasteiger partial charge in [-0.05, 0) is 31.6 Å². The van der Waals surface area contributed by atoms with Gasteiger partial charge in [-0.2, -0.15) is 0 Å². The van der Waals surface area contributed by atoms with E-state index in [0.29, 0.717) is 18.9 Å². The normalized spacial score (nSPS) is 31.5. The molecular formula is C11H19NO4S. The second kappa shape index (κ2) is 5.35. The summed E-state index contributed by atoms with van der Waals surface area (Å²) in [7, 11) is -2.80. The van der Waals surface area contributed by atoms with Crippen LogP contribution in [0.1, 0.15) is 25.7 Å². The average Bonchev–Trinajstić information content (AvgIpc) is 2.87. The van der Waals surface area contributed by atoms with Gasteiger partial charge in [0.25, 0.3) is 0 Å². The van der Waals surface area contributed by atoms with E-state index in [1.165, 1.54) is 0 Å². The number of ether oxygens (including phenoxy) is 1. The van der Waals surface area contributed by atoms with Crippen LogP contribution in [-0.4, -0.2) is 45.1 Å². The van der Waals surface area contributed by atoms with Crippen molar-refractivity contribution in [2.24, 2.45) is 5.92 Å². The standard InChI is InChI=1S/C11H19NO4S/c13-11(10-2-1-6-16-10)12-5-3-9-4-7-17(14,15)8-9/h9-10H,1-8H2,(H,12,13). The highest BCUT2D eigenvalue weighted by molar-refractivity contribution is 7.91. The molecule has 0 radical (unpaired) electrons. The maximum absolute atomic E-state index is 11.6. The highest BCUT2D eigenvalue weighted by Gasteiger charge is 2.28. The fourth-order valence-electron chi connectivity index (χ4n) is 2.40. The third-order valence-corrected chi connectivity index (χ3v) is 5.24. The van der Waals surface area contributed by atoms with Crippen molar-refractivity contribution in [3.8, 4) is 0 Å². The Morgan fingerprint density at radius 1 is 1.35 bits per heavy atom. The van der Waals surface area contributed by atoms with Crippen molar-refractivity contribution < 1.29 is 17.9 Å². The van der Waals surface area contributed by atoms with E-state index in [1.807, 2.05) is 0 Å². The summed E-state index contributed by atoms with van der Waals surface area (Å²) in [5.74, 6) is 0.744. The number of hydrogen-bond acceptors (Lipinski definition) is 4. The monoisotopic (exact) mass is 261 g/mol. The van der Waals surface area contributed by atoms with Gasteiger partial charge in [0.15, 0.2) is 9.84 Å². The second-order valence-corrected chi connectivity index (χ2v) is 7.08. The number of carbonyl (C=O) groups is 1. The maximum atomic E-state index is 11.6. The summed E-state index contributed by atoms with van der Waals surface area (Å²) in [6, 6.07) is 0. The predicted molar refractivity (Wildman–Crippen MR) is 63.4 cm³/mol. The Morgan fingerprint density at radius 2 is 2.18 bits per heavy atom. The Bertz CT molecular complexity index is 373. The van der Waals surface area contributed by atoms with Gasteiger partial charge in [-0.25, -0.2) is 8.42 Å². The second-order valence-electron chi connectivity index (χ2n) is 4.85. The van der Waals surface area contributed by atoms with Crippen LogP contribution in [0.5, 0.6) is 0 Å². The Labute approximate surface area is 102 Å². The molecule has 2 atom stereocenters. The molecule has 2 aliphatic heterocycles. The zero-order valence-corrected chi connectivity index (χ0v) is 10.7. The van der Waals surface area contributed by atoms with Crippen LogP contribution in [0.3, 0.4) is 0 Å². The zero-order valence-electron chi connectivity index (χ0n) is 9.85. The minimum absolute atomic E-state index is 0.0524. The number of nitrogens with one attached hydrogen (secondary N) is 1. The van der Waals surface area contributed by atoms with Crippen molar-refractivity contribution in [1.82, 2.24) is 5.32 Å². The summed E-state index contributed by atoms with van der Waals surface area (Å²) in [6.07, 6.45) is 2.93. The Hall–Kier alpha value is -0.620. The molecule has 6 heteroatoms. The van der Waals surface area contributed by atoms with E-state index in [-0.39, 0.29) is 23.7 Å². The lowest BCUT2D eigenvalue weighted by molar-refractivity contribution is -0.130. The lowest BCUT2D eigenvalue weighted by Crippen LogP contribution is -2.35. The molecule has 2 heterocycles. The van der Waals surface area contributed by atoms with E-state index >= 15 is 0 Å². The zero-order chi connectivity index (χ0) is 12.3. The summed E-state index contributed by atoms with van der Waals surface area (Å²) in [6.45, 7) is 1.22. The van der Waals surface area contributed by atoms with E-state index < -0.39 is 9.84 Å². The highest BCUT2D eigenvalue weighted by atomic mass is 32.2. The molecule has 17 heavy (non-hydrogen) atoms. The quantitative estimate of drug-likeness (QED) is 0.779. The van der Waals surface area contributed by atoms with E-state index in [4.69, 9.17) is 4.74 Å². The molecule has 0 saturated carbocycles. The van der Waals surface area contributed by atoms with E-state index in [0.717, 1.165) is 25.7 Å². The van der Waals surface area contributed by atoms with Gasteiger partial charge in [0.2, 0.25) is 5.91 Å². The molecule has 0 bridgehead atoms. The van der Waals surface area contributed by atoms with Crippen LogP contribution in [0.4, 0.5) is 0 Å². The van der Waals surface area contributed by atoms with Crippen LogP contribution in [-0.2, 0) is 19.4 Å². The summed E-state index contributed by atoms with van der Waals surface area (Å²) < 4.78 is 27.7. The number of hydrogen-bond donors (Lipinski definition) is 1. The first-order chi connectivity index (χ1) is 8.07. The van der Waals surface area contributed by atoms with Gasteiger partial charge in [-0.15, -0.1) is 0 Å². The van der Waals surface area contributed by atoms with Crippen molar-refractivity contribution in [1.29, 1.82) is 0 Å². The first-order valence-electron chi connectivity index (χ1n) is 6.16. The van der Waals surface area contributed by atoms with E-state index in [9.17, 15) is 13.2 Å². The van der Waals surface area contributed by atoms with E-state index in [1.54, 1.807) is 0 Å². The first kappa shape index (κ1) is 12.8. The molecule has 1 amide bonds. The minimum atomic E-state index is -2.80. The highest BCUT2D eigenvalue weighted by Crippen LogP contribution is 2.21. The van der Waals surface area contributed by atoms with Crippen LogP contribution >= 0.6 is 0 Å². The van der Waals surface area contributed by atoms with Crippen molar-refractivity contribution in [3.63, 3.8) is 0 Å². The van der Waals surface area contributed by atoms with Crippen LogP contribution < -0.4 is 5.32 Å². The van der Waals surface area contributed by atoms with E-state index in [2.05, 4.69) is 5.32 Å². The molecule has 2 saturated heterocycles. The molecule has 2 aliphatic rings. The third-order valence-electron chi connectivity index (χ3n) is 3.40. The van der Waals surface area contributed by atoms with Crippen LogP contribution in [0.15, 0.2) is 0 Å². The van der Waals surface area contributed by atoms with Crippen molar-refractivity contribution in [2.45, 2.75) is 31.8 Å². The van der Waals surface area contributed by atoms with Crippen LogP contribution in [0, 0.1) is 5.92 Å². The molecule has 0 aromatic carbocycles. The summed E-state index contributed by atoms with van der Waals surface area (Å²) in [5, 5.41) is 2.82. The Kier molecular flexibility index (Phi) is 4.04. The van der Waals surface area contributed by atoms with Gasteiger partial charge in [-0.3, -0.25) is 4.79 Å². The molecule has 0 spiro atoms. The van der Waals surface area contributed by atoms with Crippen molar-refractivity contribution in [3.05, 3.63) is 0 Å². The van der Waals surface area contributed by atoms with Crippen LogP contribution in [0.25, 0.3) is 0 Å². The molecule has 2 fully saturated rings. The van der Waals surface area contributed by atoms with Gasteiger partial charge in [0, 0.05) is 13.2 Å². The van der Waals surface area contributed by atoms with Gasteiger partial charge in [-0.1, -0.05) is 0 Å². The third kappa shape index (κ3) is 3.67. The predicted octanol–water partition coefficient (Wildman–Crippen LogP) is 0.106. The minimum Gasteiger partial charge on any atom is -0.368 e. The average molecular weight is 261 g/mol. The number of rotatable bonds is 4. The maximum Gasteiger partial charge on any atom is 0.249 e. The van der Waals surface area contributed by atoms with Gasteiger partial charge in [0.05, 0.1) is 11.5 Å². The fraction of sp³-hybridized carbons (Fsp3) is 0.909. The topological polar surface area (TPSA) is 72.5 Å². The SMILES string of the molecule is O=C(NCCC1CCS(=O)(=O)C1)C1CCCO1.